The zero-order valence-electron chi connectivity index (χ0n) is 13.9. The van der Waals surface area contributed by atoms with Crippen LogP contribution in [0.3, 0.4) is 0 Å². The predicted octanol–water partition coefficient (Wildman–Crippen LogP) is 2.65. The van der Waals surface area contributed by atoms with Crippen LogP contribution < -0.4 is 5.32 Å². The number of aromatic nitrogens is 2. The SMILES string of the molecule is CC(C)(C)OC(=O)NCc1nn(Cc2ccccc2)cc1C(=O)O. The van der Waals surface area contributed by atoms with Gasteiger partial charge in [0.1, 0.15) is 11.2 Å². The number of hydrogen-bond acceptors (Lipinski definition) is 4. The van der Waals surface area contributed by atoms with Gasteiger partial charge in [-0.05, 0) is 26.3 Å². The van der Waals surface area contributed by atoms with Crippen LogP contribution in [0, 0.1) is 0 Å². The summed E-state index contributed by atoms with van der Waals surface area (Å²) in [5.74, 6) is -1.09. The summed E-state index contributed by atoms with van der Waals surface area (Å²) in [6, 6.07) is 9.58. The van der Waals surface area contributed by atoms with Crippen LogP contribution in [0.5, 0.6) is 0 Å². The van der Waals surface area contributed by atoms with Gasteiger partial charge in [-0.3, -0.25) is 4.68 Å². The van der Waals surface area contributed by atoms with E-state index in [-0.39, 0.29) is 17.8 Å². The average molecular weight is 331 g/mol. The maximum absolute atomic E-state index is 11.7. The van der Waals surface area contributed by atoms with Crippen LogP contribution in [0.25, 0.3) is 0 Å². The lowest BCUT2D eigenvalue weighted by Gasteiger charge is -2.19. The minimum absolute atomic E-state index is 0.0155. The van der Waals surface area contributed by atoms with Gasteiger partial charge in [-0.2, -0.15) is 5.10 Å². The zero-order valence-corrected chi connectivity index (χ0v) is 13.9. The molecule has 2 N–H and O–H groups in total. The third-order valence-electron chi connectivity index (χ3n) is 3.06. The first-order chi connectivity index (χ1) is 11.2. The third-order valence-corrected chi connectivity index (χ3v) is 3.06. The van der Waals surface area contributed by atoms with Gasteiger partial charge in [0, 0.05) is 6.20 Å². The molecule has 128 valence electrons. The van der Waals surface area contributed by atoms with Gasteiger partial charge in [-0.15, -0.1) is 0 Å². The molecule has 0 atom stereocenters. The van der Waals surface area contributed by atoms with Gasteiger partial charge in [-0.25, -0.2) is 9.59 Å². The highest BCUT2D eigenvalue weighted by Crippen LogP contribution is 2.11. The molecule has 0 aliphatic heterocycles. The first-order valence-corrected chi connectivity index (χ1v) is 7.55. The molecule has 7 heteroatoms. The lowest BCUT2D eigenvalue weighted by atomic mass is 10.2. The monoisotopic (exact) mass is 331 g/mol. The molecule has 1 aromatic carbocycles. The number of nitrogens with one attached hydrogen (secondary N) is 1. The summed E-state index contributed by atoms with van der Waals surface area (Å²) in [5.41, 5.74) is 0.724. The van der Waals surface area contributed by atoms with Crippen LogP contribution in [-0.4, -0.2) is 32.6 Å². The van der Waals surface area contributed by atoms with Crippen LogP contribution in [0.15, 0.2) is 36.5 Å². The Balaban J connectivity index is 2.08. The lowest BCUT2D eigenvalue weighted by Crippen LogP contribution is -2.32. The van der Waals surface area contributed by atoms with E-state index >= 15 is 0 Å². The maximum atomic E-state index is 11.7. The van der Waals surface area contributed by atoms with Gasteiger partial charge in [0.15, 0.2) is 0 Å². The highest BCUT2D eigenvalue weighted by Gasteiger charge is 2.19. The Morgan fingerprint density at radius 3 is 2.50 bits per heavy atom. The fourth-order valence-corrected chi connectivity index (χ4v) is 2.09. The Hall–Kier alpha value is -2.83. The molecule has 0 fully saturated rings. The van der Waals surface area contributed by atoms with Gasteiger partial charge in [0.25, 0.3) is 0 Å². The molecule has 0 aliphatic carbocycles. The number of aromatic carboxylic acids is 1. The van der Waals surface area contributed by atoms with Crippen LogP contribution in [-0.2, 0) is 17.8 Å². The molecule has 2 aromatic rings. The van der Waals surface area contributed by atoms with Gasteiger partial charge in [0.05, 0.1) is 18.8 Å². The molecule has 2 rings (SSSR count). The summed E-state index contributed by atoms with van der Waals surface area (Å²) in [6.07, 6.45) is 0.845. The first-order valence-electron chi connectivity index (χ1n) is 7.55. The van der Waals surface area contributed by atoms with E-state index in [1.54, 1.807) is 25.5 Å². The summed E-state index contributed by atoms with van der Waals surface area (Å²) in [5, 5.41) is 16.1. The largest absolute Gasteiger partial charge is 0.478 e. The van der Waals surface area contributed by atoms with Crippen molar-refractivity contribution in [2.75, 3.05) is 0 Å². The first kappa shape index (κ1) is 17.5. The van der Waals surface area contributed by atoms with E-state index in [0.29, 0.717) is 6.54 Å². The summed E-state index contributed by atoms with van der Waals surface area (Å²) >= 11 is 0. The second kappa shape index (κ2) is 7.16. The highest BCUT2D eigenvalue weighted by atomic mass is 16.6. The van der Waals surface area contributed by atoms with Gasteiger partial charge in [0.2, 0.25) is 0 Å². The molecule has 0 saturated heterocycles. The van der Waals surface area contributed by atoms with E-state index in [0.717, 1.165) is 5.56 Å². The fourth-order valence-electron chi connectivity index (χ4n) is 2.09. The van der Waals surface area contributed by atoms with Crippen molar-refractivity contribution in [3.05, 3.63) is 53.3 Å². The normalized spacial score (nSPS) is 11.1. The van der Waals surface area contributed by atoms with Crippen LogP contribution in [0.4, 0.5) is 4.79 Å². The van der Waals surface area contributed by atoms with Crippen molar-refractivity contribution in [3.63, 3.8) is 0 Å². The van der Waals surface area contributed by atoms with Crippen molar-refractivity contribution in [1.82, 2.24) is 15.1 Å². The average Bonchev–Trinajstić information content (AvgIpc) is 2.87. The molecule has 1 amide bonds. The molecule has 24 heavy (non-hydrogen) atoms. The number of hydrogen-bond donors (Lipinski definition) is 2. The smallest absolute Gasteiger partial charge is 0.407 e. The van der Waals surface area contributed by atoms with Crippen molar-refractivity contribution in [3.8, 4) is 0 Å². The third kappa shape index (κ3) is 5.12. The zero-order chi connectivity index (χ0) is 17.7. The molecule has 7 nitrogen and oxygen atoms in total. The van der Waals surface area contributed by atoms with E-state index < -0.39 is 17.7 Å². The lowest BCUT2D eigenvalue weighted by molar-refractivity contribution is 0.0520. The Labute approximate surface area is 140 Å². The molecule has 0 spiro atoms. The standard InChI is InChI=1S/C17H21N3O4/c1-17(2,3)24-16(23)18-9-14-13(15(21)22)11-20(19-14)10-12-7-5-4-6-8-12/h4-8,11H,9-10H2,1-3H3,(H,18,23)(H,21,22). The van der Waals surface area contributed by atoms with Crippen LogP contribution >= 0.6 is 0 Å². The summed E-state index contributed by atoms with van der Waals surface area (Å²) < 4.78 is 6.68. The van der Waals surface area contributed by atoms with Gasteiger partial charge >= 0.3 is 12.1 Å². The molecule has 0 bridgehead atoms. The van der Waals surface area contributed by atoms with Crippen molar-refractivity contribution < 1.29 is 19.4 Å². The Bertz CT molecular complexity index is 717. The minimum atomic E-state index is -1.09. The second-order valence-electron chi connectivity index (χ2n) is 6.33. The quantitative estimate of drug-likeness (QED) is 0.878. The van der Waals surface area contributed by atoms with Crippen molar-refractivity contribution >= 4 is 12.1 Å². The number of carbonyl (C=O) groups is 2. The van der Waals surface area contributed by atoms with Crippen LogP contribution in [0.1, 0.15) is 42.4 Å². The van der Waals surface area contributed by atoms with Gasteiger partial charge in [-0.1, -0.05) is 30.3 Å². The Morgan fingerprint density at radius 2 is 1.92 bits per heavy atom. The molecular weight excluding hydrogens is 310 g/mol. The predicted molar refractivity (Wildman–Crippen MR) is 87.8 cm³/mol. The number of carboxylic acid groups (broad SMARTS) is 1. The van der Waals surface area contributed by atoms with Crippen molar-refractivity contribution in [2.45, 2.75) is 39.5 Å². The molecule has 0 saturated carbocycles. The van der Waals surface area contributed by atoms with E-state index in [1.807, 2.05) is 30.3 Å². The van der Waals surface area contributed by atoms with Gasteiger partial charge < -0.3 is 15.2 Å². The molecule has 0 unspecified atom stereocenters. The maximum Gasteiger partial charge on any atom is 0.407 e. The summed E-state index contributed by atoms with van der Waals surface area (Å²) in [7, 11) is 0. The Kier molecular flexibility index (Phi) is 5.23. The number of ether oxygens (including phenoxy) is 1. The topological polar surface area (TPSA) is 93.5 Å². The number of benzene rings is 1. The molecule has 0 aliphatic rings. The number of rotatable bonds is 5. The summed E-state index contributed by atoms with van der Waals surface area (Å²) in [6.45, 7) is 5.70. The van der Waals surface area contributed by atoms with E-state index in [1.165, 1.54) is 6.20 Å². The molecule has 0 radical (unpaired) electrons. The minimum Gasteiger partial charge on any atom is -0.478 e. The number of alkyl carbamates (subject to hydrolysis) is 1. The van der Waals surface area contributed by atoms with Crippen molar-refractivity contribution in [1.29, 1.82) is 0 Å². The number of amides is 1. The second-order valence-corrected chi connectivity index (χ2v) is 6.33. The number of carboxylic acids is 1. The summed E-state index contributed by atoms with van der Waals surface area (Å²) in [4.78, 5) is 23.1. The highest BCUT2D eigenvalue weighted by molar-refractivity contribution is 5.88. The van der Waals surface area contributed by atoms with E-state index in [4.69, 9.17) is 4.74 Å². The molecular formula is C17H21N3O4. The number of nitrogens with zero attached hydrogens (tertiary/aromatic N) is 2. The molecule has 1 aromatic heterocycles. The van der Waals surface area contributed by atoms with Crippen LogP contribution in [0.2, 0.25) is 0 Å². The van der Waals surface area contributed by atoms with E-state index in [2.05, 4.69) is 10.4 Å². The van der Waals surface area contributed by atoms with Crippen molar-refractivity contribution in [2.24, 2.45) is 0 Å². The fraction of sp³-hybridized carbons (Fsp3) is 0.353. The Morgan fingerprint density at radius 1 is 1.25 bits per heavy atom. The van der Waals surface area contributed by atoms with E-state index in [9.17, 15) is 14.7 Å². The molecule has 1 heterocycles. The number of carbonyl (C=O) groups excluding carboxylic acids is 1.